The van der Waals surface area contributed by atoms with Crippen LogP contribution in [0.15, 0.2) is 60.9 Å². The minimum atomic E-state index is 1.17. The fourth-order valence-electron chi connectivity index (χ4n) is 4.40. The van der Waals surface area contributed by atoms with Crippen molar-refractivity contribution in [3.05, 3.63) is 60.9 Å². The SMILES string of the molecule is c1cc2cc3[nH]c4cc5c(cc4c3cc2[nH]1)[nH]c1cc2cc[nH]c2cc15. The van der Waals surface area contributed by atoms with Gasteiger partial charge in [-0.05, 0) is 48.5 Å². The maximum absolute atomic E-state index is 3.60. The van der Waals surface area contributed by atoms with Crippen LogP contribution in [0.2, 0.25) is 0 Å². The van der Waals surface area contributed by atoms with Crippen molar-refractivity contribution in [3.8, 4) is 0 Å². The van der Waals surface area contributed by atoms with E-state index in [0.29, 0.717) is 0 Å². The van der Waals surface area contributed by atoms with Gasteiger partial charge in [-0.2, -0.15) is 0 Å². The van der Waals surface area contributed by atoms with Gasteiger partial charge in [0.05, 0.1) is 0 Å². The van der Waals surface area contributed by atoms with Crippen molar-refractivity contribution in [2.75, 3.05) is 0 Å². The fraction of sp³-hybridized carbons (Fsp3) is 0. The molecule has 0 aliphatic rings. The highest BCUT2D eigenvalue weighted by Crippen LogP contribution is 2.35. The average molecular weight is 334 g/mol. The van der Waals surface area contributed by atoms with Crippen molar-refractivity contribution in [2.24, 2.45) is 0 Å². The molecule has 0 radical (unpaired) electrons. The lowest BCUT2D eigenvalue weighted by molar-refractivity contribution is 1.48. The van der Waals surface area contributed by atoms with Crippen molar-refractivity contribution < 1.29 is 0 Å². The third-order valence-electron chi connectivity index (χ3n) is 5.66. The van der Waals surface area contributed by atoms with Crippen molar-refractivity contribution in [3.63, 3.8) is 0 Å². The minimum absolute atomic E-state index is 1.17. The molecule has 0 saturated heterocycles. The summed E-state index contributed by atoms with van der Waals surface area (Å²) in [5.41, 5.74) is 7.04. The molecule has 4 heterocycles. The Kier molecular flexibility index (Phi) is 2.00. The summed E-state index contributed by atoms with van der Waals surface area (Å²) < 4.78 is 0. The maximum atomic E-state index is 3.60. The van der Waals surface area contributed by atoms with Gasteiger partial charge in [0.25, 0.3) is 0 Å². The fourth-order valence-corrected chi connectivity index (χ4v) is 4.40. The molecule has 7 rings (SSSR count). The molecule has 4 heteroatoms. The van der Waals surface area contributed by atoms with Gasteiger partial charge >= 0.3 is 0 Å². The Labute approximate surface area is 146 Å². The van der Waals surface area contributed by atoms with Crippen LogP contribution in [0.3, 0.4) is 0 Å². The van der Waals surface area contributed by atoms with E-state index < -0.39 is 0 Å². The topological polar surface area (TPSA) is 63.2 Å². The summed E-state index contributed by atoms with van der Waals surface area (Å²) in [5.74, 6) is 0. The molecule has 122 valence electrons. The third-order valence-corrected chi connectivity index (χ3v) is 5.66. The van der Waals surface area contributed by atoms with Crippen molar-refractivity contribution in [2.45, 2.75) is 0 Å². The summed E-state index contributed by atoms with van der Waals surface area (Å²) in [5, 5.41) is 7.47. The van der Waals surface area contributed by atoms with Crippen LogP contribution in [0.5, 0.6) is 0 Å². The Balaban J connectivity index is 1.66. The van der Waals surface area contributed by atoms with Crippen LogP contribution in [0.25, 0.3) is 65.4 Å². The van der Waals surface area contributed by atoms with Gasteiger partial charge in [-0.15, -0.1) is 0 Å². The maximum Gasteiger partial charge on any atom is 0.0472 e. The molecule has 3 aromatic carbocycles. The smallest absolute Gasteiger partial charge is 0.0472 e. The highest BCUT2D eigenvalue weighted by atomic mass is 14.7. The van der Waals surface area contributed by atoms with Crippen LogP contribution >= 0.6 is 0 Å². The van der Waals surface area contributed by atoms with E-state index in [1.54, 1.807) is 0 Å². The lowest BCUT2D eigenvalue weighted by Crippen LogP contribution is -1.71. The number of rotatable bonds is 0. The summed E-state index contributed by atoms with van der Waals surface area (Å²) in [6, 6.07) is 17.7. The van der Waals surface area contributed by atoms with E-state index in [1.165, 1.54) is 65.4 Å². The van der Waals surface area contributed by atoms with Crippen LogP contribution in [0.4, 0.5) is 0 Å². The first kappa shape index (κ1) is 12.7. The Morgan fingerprint density at radius 2 is 0.808 bits per heavy atom. The molecular weight excluding hydrogens is 320 g/mol. The molecule has 0 spiro atoms. The number of aromatic nitrogens is 4. The molecule has 4 N–H and O–H groups in total. The number of hydrogen-bond donors (Lipinski definition) is 4. The molecule has 0 bridgehead atoms. The van der Waals surface area contributed by atoms with Gasteiger partial charge in [0.1, 0.15) is 0 Å². The standard InChI is InChI=1S/C22H14N4/c1-3-23-17-7-13-15-9-22-16(10-21(15)25-19(13)5-11(1)17)14-8-18-12(2-4-24-18)6-20(14)26-22/h1-10,23-26H. The van der Waals surface area contributed by atoms with Crippen LogP contribution in [-0.2, 0) is 0 Å². The minimum Gasteiger partial charge on any atom is -0.361 e. The van der Waals surface area contributed by atoms with Crippen LogP contribution in [0, 0.1) is 0 Å². The zero-order valence-electron chi connectivity index (χ0n) is 13.8. The molecule has 26 heavy (non-hydrogen) atoms. The number of nitrogens with one attached hydrogen (secondary N) is 4. The van der Waals surface area contributed by atoms with E-state index in [4.69, 9.17) is 0 Å². The third kappa shape index (κ3) is 1.45. The predicted molar refractivity (Wildman–Crippen MR) is 109 cm³/mol. The average Bonchev–Trinajstić information content (AvgIpc) is 3.40. The Morgan fingerprint density at radius 1 is 0.423 bits per heavy atom. The zero-order chi connectivity index (χ0) is 16.8. The Hall–Kier alpha value is -3.66. The molecule has 0 fully saturated rings. The van der Waals surface area contributed by atoms with Gasteiger partial charge in [-0.3, -0.25) is 0 Å². The van der Waals surface area contributed by atoms with Gasteiger partial charge in [0.15, 0.2) is 0 Å². The quantitative estimate of drug-likeness (QED) is 0.266. The Morgan fingerprint density at radius 3 is 1.27 bits per heavy atom. The summed E-state index contributed by atoms with van der Waals surface area (Å²) >= 11 is 0. The highest BCUT2D eigenvalue weighted by molar-refractivity contribution is 6.19. The number of aromatic amines is 4. The van der Waals surface area contributed by atoms with Gasteiger partial charge in [0, 0.05) is 77.8 Å². The predicted octanol–water partition coefficient (Wildman–Crippen LogP) is 5.92. The van der Waals surface area contributed by atoms with E-state index in [0.717, 1.165) is 0 Å². The van der Waals surface area contributed by atoms with Crippen molar-refractivity contribution in [1.82, 2.24) is 19.9 Å². The van der Waals surface area contributed by atoms with Gasteiger partial charge in [-0.1, -0.05) is 0 Å². The second-order valence-corrected chi connectivity index (χ2v) is 7.12. The second-order valence-electron chi connectivity index (χ2n) is 7.12. The molecule has 0 amide bonds. The number of fused-ring (bicyclic) bond motifs is 8. The largest absolute Gasteiger partial charge is 0.361 e. The van der Waals surface area contributed by atoms with E-state index in [1.807, 2.05) is 12.4 Å². The molecule has 0 aliphatic heterocycles. The molecule has 0 atom stereocenters. The van der Waals surface area contributed by atoms with E-state index in [-0.39, 0.29) is 0 Å². The first-order valence-corrected chi connectivity index (χ1v) is 8.79. The molecular formula is C22H14N4. The monoisotopic (exact) mass is 334 g/mol. The van der Waals surface area contributed by atoms with Gasteiger partial charge in [-0.25, -0.2) is 0 Å². The molecule has 0 aliphatic carbocycles. The zero-order valence-corrected chi connectivity index (χ0v) is 13.8. The van der Waals surface area contributed by atoms with Crippen LogP contribution in [-0.4, -0.2) is 19.9 Å². The van der Waals surface area contributed by atoms with Gasteiger partial charge in [0.2, 0.25) is 0 Å². The number of H-pyrrole nitrogens is 4. The normalized spacial score (nSPS) is 12.6. The summed E-state index contributed by atoms with van der Waals surface area (Å²) in [6.45, 7) is 0. The molecule has 4 aromatic heterocycles. The van der Waals surface area contributed by atoms with Gasteiger partial charge < -0.3 is 19.9 Å². The first-order valence-electron chi connectivity index (χ1n) is 8.79. The molecule has 7 aromatic rings. The van der Waals surface area contributed by atoms with Crippen molar-refractivity contribution >= 4 is 65.4 Å². The first-order chi connectivity index (χ1) is 12.8. The number of benzene rings is 3. The Bertz CT molecular complexity index is 1510. The molecule has 4 nitrogen and oxygen atoms in total. The van der Waals surface area contributed by atoms with Crippen molar-refractivity contribution in [1.29, 1.82) is 0 Å². The summed E-state index contributed by atoms with van der Waals surface area (Å²) in [7, 11) is 0. The molecule has 0 unspecified atom stereocenters. The van der Waals surface area contributed by atoms with Crippen LogP contribution in [0.1, 0.15) is 0 Å². The van der Waals surface area contributed by atoms with Crippen LogP contribution < -0.4 is 0 Å². The second kappa shape index (κ2) is 4.11. The molecule has 0 saturated carbocycles. The summed E-state index contributed by atoms with van der Waals surface area (Å²) in [4.78, 5) is 13.8. The van der Waals surface area contributed by atoms with E-state index in [2.05, 4.69) is 68.5 Å². The van der Waals surface area contributed by atoms with E-state index in [9.17, 15) is 0 Å². The highest BCUT2D eigenvalue weighted by Gasteiger charge is 2.12. The lowest BCUT2D eigenvalue weighted by Gasteiger charge is -1.95. The summed E-state index contributed by atoms with van der Waals surface area (Å²) in [6.07, 6.45) is 3.98. The van der Waals surface area contributed by atoms with E-state index >= 15 is 0 Å². The lowest BCUT2D eigenvalue weighted by atomic mass is 10.1. The number of hydrogen-bond acceptors (Lipinski definition) is 0.